The number of methoxy groups -OCH3 is 1. The van der Waals surface area contributed by atoms with Gasteiger partial charge in [0.2, 0.25) is 0 Å². The zero-order valence-corrected chi connectivity index (χ0v) is 15.6. The first-order valence-corrected chi connectivity index (χ1v) is 8.62. The second kappa shape index (κ2) is 7.66. The second-order valence-corrected chi connectivity index (χ2v) is 6.64. The summed E-state index contributed by atoms with van der Waals surface area (Å²) in [5.41, 5.74) is 1.67. The second-order valence-electron chi connectivity index (χ2n) is 5.82. The van der Waals surface area contributed by atoms with Gasteiger partial charge in [-0.15, -0.1) is 0 Å². The fourth-order valence-electron chi connectivity index (χ4n) is 2.78. The van der Waals surface area contributed by atoms with Gasteiger partial charge in [0.1, 0.15) is 11.4 Å². The molecule has 0 aliphatic rings. The molecule has 1 amide bonds. The van der Waals surface area contributed by atoms with Gasteiger partial charge in [0.25, 0.3) is 5.91 Å². The largest absolute Gasteiger partial charge is 0.451 e. The third-order valence-electron chi connectivity index (χ3n) is 4.05. The number of nitrogens with one attached hydrogen (secondary N) is 1. The molecule has 0 spiro atoms. The van der Waals surface area contributed by atoms with Gasteiger partial charge in [-0.25, -0.2) is 4.39 Å². The molecule has 136 valence electrons. The van der Waals surface area contributed by atoms with Crippen LogP contribution in [0.3, 0.4) is 0 Å². The number of hydrogen-bond acceptors (Lipinski definition) is 3. The molecule has 0 fully saturated rings. The van der Waals surface area contributed by atoms with Crippen molar-refractivity contribution in [2.45, 2.75) is 19.6 Å². The summed E-state index contributed by atoms with van der Waals surface area (Å²) in [5.74, 6) is -0.881. The molecule has 1 atom stereocenters. The number of benzene rings is 2. The van der Waals surface area contributed by atoms with Crippen molar-refractivity contribution in [3.05, 3.63) is 69.1 Å². The molecule has 0 radical (unpaired) electrons. The Balaban J connectivity index is 1.92. The lowest BCUT2D eigenvalue weighted by atomic mass is 10.1. The van der Waals surface area contributed by atoms with Gasteiger partial charge in [0.15, 0.2) is 5.76 Å². The van der Waals surface area contributed by atoms with E-state index in [4.69, 9.17) is 32.4 Å². The molecule has 1 heterocycles. The number of carbonyl (C=O) groups excluding carboxylic acids is 1. The van der Waals surface area contributed by atoms with Crippen LogP contribution in [-0.4, -0.2) is 13.0 Å². The summed E-state index contributed by atoms with van der Waals surface area (Å²) in [6, 6.07) is 9.29. The maximum Gasteiger partial charge on any atom is 0.287 e. The van der Waals surface area contributed by atoms with Crippen molar-refractivity contribution in [1.29, 1.82) is 0 Å². The van der Waals surface area contributed by atoms with Gasteiger partial charge in [-0.2, -0.15) is 0 Å². The maximum absolute atomic E-state index is 13.7. The molecule has 1 N–H and O–H groups in total. The number of hydrogen-bond donors (Lipinski definition) is 1. The lowest BCUT2D eigenvalue weighted by Gasteiger charge is -2.16. The summed E-state index contributed by atoms with van der Waals surface area (Å²) < 4.78 is 24.6. The SMILES string of the molecule is COCc1c(C(=O)NC(C)c2cc(F)c(Cl)cc2Cl)oc2ccccc12. The van der Waals surface area contributed by atoms with Crippen LogP contribution in [0.5, 0.6) is 0 Å². The molecule has 2 aromatic carbocycles. The van der Waals surface area contributed by atoms with Gasteiger partial charge < -0.3 is 14.5 Å². The number of furan rings is 1. The highest BCUT2D eigenvalue weighted by molar-refractivity contribution is 6.35. The minimum absolute atomic E-state index is 0.0723. The Labute approximate surface area is 159 Å². The van der Waals surface area contributed by atoms with Crippen molar-refractivity contribution < 1.29 is 18.3 Å². The monoisotopic (exact) mass is 395 g/mol. The van der Waals surface area contributed by atoms with E-state index in [0.717, 1.165) is 5.39 Å². The first kappa shape index (κ1) is 18.7. The molecule has 0 bridgehead atoms. The number of fused-ring (bicyclic) bond motifs is 1. The highest BCUT2D eigenvalue weighted by Gasteiger charge is 2.23. The van der Waals surface area contributed by atoms with Gasteiger partial charge in [0.05, 0.1) is 17.7 Å². The third kappa shape index (κ3) is 3.56. The zero-order valence-electron chi connectivity index (χ0n) is 14.1. The van der Waals surface area contributed by atoms with E-state index in [1.165, 1.54) is 12.1 Å². The maximum atomic E-state index is 13.7. The van der Waals surface area contributed by atoms with E-state index in [1.807, 2.05) is 18.2 Å². The molecular weight excluding hydrogens is 380 g/mol. The number of halogens is 3. The van der Waals surface area contributed by atoms with Crippen molar-refractivity contribution in [3.8, 4) is 0 Å². The quantitative estimate of drug-likeness (QED) is 0.578. The van der Waals surface area contributed by atoms with Crippen molar-refractivity contribution in [2.75, 3.05) is 7.11 Å². The third-order valence-corrected chi connectivity index (χ3v) is 4.66. The van der Waals surface area contributed by atoms with Crippen molar-refractivity contribution >= 4 is 40.1 Å². The molecule has 3 rings (SSSR count). The Morgan fingerprint density at radius 3 is 2.73 bits per heavy atom. The van der Waals surface area contributed by atoms with Crippen LogP contribution in [0, 0.1) is 5.82 Å². The summed E-state index contributed by atoms with van der Waals surface area (Å²) in [5, 5.41) is 3.78. The van der Waals surface area contributed by atoms with Gasteiger partial charge in [-0.05, 0) is 30.7 Å². The van der Waals surface area contributed by atoms with Gasteiger partial charge >= 0.3 is 0 Å². The van der Waals surface area contributed by atoms with Gasteiger partial charge in [-0.1, -0.05) is 41.4 Å². The van der Waals surface area contributed by atoms with E-state index in [9.17, 15) is 9.18 Å². The molecule has 0 saturated carbocycles. The van der Waals surface area contributed by atoms with E-state index in [0.29, 0.717) is 16.7 Å². The highest BCUT2D eigenvalue weighted by atomic mass is 35.5. The van der Waals surface area contributed by atoms with E-state index in [-0.39, 0.29) is 22.4 Å². The molecule has 26 heavy (non-hydrogen) atoms. The van der Waals surface area contributed by atoms with Crippen molar-refractivity contribution in [2.24, 2.45) is 0 Å². The van der Waals surface area contributed by atoms with E-state index in [2.05, 4.69) is 5.32 Å². The van der Waals surface area contributed by atoms with Gasteiger partial charge in [0, 0.05) is 23.1 Å². The minimum Gasteiger partial charge on any atom is -0.451 e. The number of ether oxygens (including phenoxy) is 1. The predicted octanol–water partition coefficient (Wildman–Crippen LogP) is 5.52. The van der Waals surface area contributed by atoms with Crippen LogP contribution in [-0.2, 0) is 11.3 Å². The van der Waals surface area contributed by atoms with Crippen LogP contribution in [0.15, 0.2) is 40.8 Å². The Bertz CT molecular complexity index is 971. The Morgan fingerprint density at radius 2 is 2.00 bits per heavy atom. The van der Waals surface area contributed by atoms with Crippen LogP contribution in [0.4, 0.5) is 4.39 Å². The van der Waals surface area contributed by atoms with E-state index in [1.54, 1.807) is 20.1 Å². The lowest BCUT2D eigenvalue weighted by molar-refractivity contribution is 0.0907. The van der Waals surface area contributed by atoms with Crippen molar-refractivity contribution in [3.63, 3.8) is 0 Å². The lowest BCUT2D eigenvalue weighted by Crippen LogP contribution is -2.27. The van der Waals surface area contributed by atoms with Gasteiger partial charge in [-0.3, -0.25) is 4.79 Å². The molecule has 4 nitrogen and oxygen atoms in total. The summed E-state index contributed by atoms with van der Waals surface area (Å²) in [7, 11) is 1.54. The highest BCUT2D eigenvalue weighted by Crippen LogP contribution is 2.30. The van der Waals surface area contributed by atoms with E-state index < -0.39 is 17.8 Å². The molecule has 1 aromatic heterocycles. The Hall–Kier alpha value is -2.08. The molecular formula is C19H16Cl2FNO3. The fraction of sp³-hybridized carbons (Fsp3) is 0.211. The number of para-hydroxylation sites is 1. The summed E-state index contributed by atoms with van der Waals surface area (Å²) in [6.45, 7) is 1.93. The van der Waals surface area contributed by atoms with E-state index >= 15 is 0 Å². The summed E-state index contributed by atoms with van der Waals surface area (Å²) in [4.78, 5) is 12.7. The minimum atomic E-state index is -0.601. The smallest absolute Gasteiger partial charge is 0.287 e. The summed E-state index contributed by atoms with van der Waals surface area (Å²) >= 11 is 11.8. The molecule has 0 aliphatic heterocycles. The molecule has 3 aromatic rings. The topological polar surface area (TPSA) is 51.5 Å². The standard InChI is InChI=1S/C19H16Cl2FNO3/c1-10(12-7-16(22)15(21)8-14(12)20)23-19(24)18-13(9-25-2)11-5-3-4-6-17(11)26-18/h3-8,10H,9H2,1-2H3,(H,23,24). The van der Waals surface area contributed by atoms with Crippen LogP contribution in [0.2, 0.25) is 10.0 Å². The number of amides is 1. The van der Waals surface area contributed by atoms with Crippen LogP contribution in [0.25, 0.3) is 11.0 Å². The summed E-state index contributed by atoms with van der Waals surface area (Å²) in [6.07, 6.45) is 0. The van der Waals surface area contributed by atoms with Crippen LogP contribution in [0.1, 0.15) is 34.6 Å². The van der Waals surface area contributed by atoms with Crippen LogP contribution < -0.4 is 5.32 Å². The zero-order chi connectivity index (χ0) is 18.8. The number of carbonyl (C=O) groups is 1. The average Bonchev–Trinajstić information content (AvgIpc) is 2.97. The molecule has 7 heteroatoms. The first-order valence-electron chi connectivity index (χ1n) is 7.87. The molecule has 0 saturated heterocycles. The first-order chi connectivity index (χ1) is 12.4. The predicted molar refractivity (Wildman–Crippen MR) is 99.2 cm³/mol. The van der Waals surface area contributed by atoms with Crippen molar-refractivity contribution in [1.82, 2.24) is 5.32 Å². The Morgan fingerprint density at radius 1 is 1.27 bits per heavy atom. The van der Waals surface area contributed by atoms with Crippen LogP contribution >= 0.6 is 23.2 Å². The number of rotatable bonds is 5. The normalized spacial score (nSPS) is 12.3. The molecule has 1 unspecified atom stereocenters. The Kier molecular flexibility index (Phi) is 5.51. The molecule has 0 aliphatic carbocycles. The average molecular weight is 396 g/mol. The fourth-order valence-corrected chi connectivity index (χ4v) is 3.33.